The molecule has 248 valence electrons. The minimum atomic E-state index is -0.662. The Morgan fingerprint density at radius 3 is 1.33 bits per heavy atom. The van der Waals surface area contributed by atoms with Gasteiger partial charge in [0.05, 0.1) is 25.4 Å². The Hall–Kier alpha value is -0.980. The molecule has 5 heteroatoms. The van der Waals surface area contributed by atoms with Crippen LogP contribution in [0.15, 0.2) is 38.0 Å². The fraction of sp³-hybridized carbons (Fsp3) is 0.838. The van der Waals surface area contributed by atoms with E-state index in [1.54, 1.807) is 0 Å². The molecule has 0 saturated heterocycles. The number of aliphatic hydroxyl groups is 1. The Balaban J connectivity index is 4.48. The van der Waals surface area contributed by atoms with Crippen LogP contribution in [0.2, 0.25) is 0 Å². The number of allylic oxidation sites excluding steroid dienone is 3. The topological polar surface area (TPSA) is 60.0 Å². The molecule has 3 atom stereocenters. The second kappa shape index (κ2) is 34.5. The smallest absolute Gasteiger partial charge is 0.154 e. The summed E-state index contributed by atoms with van der Waals surface area (Å²) in [5.41, 5.74) is 0. The largest absolute Gasteiger partial charge is 0.378 e. The predicted molar refractivity (Wildman–Crippen MR) is 182 cm³/mol. The maximum Gasteiger partial charge on any atom is 0.154 e. The maximum absolute atomic E-state index is 10.3. The molecule has 0 heterocycles. The lowest BCUT2D eigenvalue weighted by Crippen LogP contribution is -2.24. The van der Waals surface area contributed by atoms with Crippen LogP contribution in [0.4, 0.5) is 0 Å². The van der Waals surface area contributed by atoms with Gasteiger partial charge in [-0.15, -0.1) is 19.7 Å². The molecule has 0 aliphatic heterocycles. The summed E-state index contributed by atoms with van der Waals surface area (Å²) in [4.78, 5) is 0. The molecule has 0 aromatic carbocycles. The highest BCUT2D eigenvalue weighted by molar-refractivity contribution is 4.68. The van der Waals surface area contributed by atoms with Crippen LogP contribution in [0, 0.1) is 0 Å². The zero-order chi connectivity index (χ0) is 30.8. The third-order valence-electron chi connectivity index (χ3n) is 7.98. The van der Waals surface area contributed by atoms with Gasteiger partial charge in [0, 0.05) is 13.2 Å². The number of ether oxygens (including phenoxy) is 3. The van der Waals surface area contributed by atoms with Crippen LogP contribution in [0.1, 0.15) is 148 Å². The molecule has 0 aliphatic carbocycles. The Morgan fingerprint density at radius 2 is 0.881 bits per heavy atom. The molecule has 0 aliphatic rings. The minimum absolute atomic E-state index is 0.179. The lowest BCUT2D eigenvalue weighted by molar-refractivity contribution is -0.113. The molecule has 2 N–H and O–H groups in total. The number of nitrogens with one attached hydrogen (secondary N) is 1. The van der Waals surface area contributed by atoms with Crippen molar-refractivity contribution in [3.63, 3.8) is 0 Å². The highest BCUT2D eigenvalue weighted by atomic mass is 16.6. The van der Waals surface area contributed by atoms with E-state index in [1.165, 1.54) is 83.5 Å². The number of hydrogen-bond acceptors (Lipinski definition) is 5. The van der Waals surface area contributed by atoms with E-state index >= 15 is 0 Å². The number of aliphatic hydroxyl groups excluding tert-OH is 1. The molecule has 5 nitrogen and oxygen atoms in total. The van der Waals surface area contributed by atoms with Crippen molar-refractivity contribution in [1.82, 2.24) is 5.32 Å². The highest BCUT2D eigenvalue weighted by Crippen LogP contribution is 2.17. The standard InChI is InChI=1S/C37H71NO4/c1-5-8-11-14-17-20-23-26-35(30-33-42-37(39)28-25-22-19-16-13-10-7-3)40-32-29-36(41-34-31-38-4)27-24-21-18-15-12-9-6-2/h5-7,35-39H,1-3,8-34H2,4H3. The molecule has 0 saturated carbocycles. The SMILES string of the molecule is C=CCCCCCCCC(O)OCCC(CCCCCCCC=C)OCCC(CCCCCCCC=C)OCCNC. The predicted octanol–water partition coefficient (Wildman–Crippen LogP) is 9.84. The first kappa shape index (κ1) is 41.0. The van der Waals surface area contributed by atoms with Gasteiger partial charge in [0.25, 0.3) is 0 Å². The quantitative estimate of drug-likeness (QED) is 0.0430. The molecule has 0 fully saturated rings. The Labute approximate surface area is 261 Å². The monoisotopic (exact) mass is 594 g/mol. The first-order chi connectivity index (χ1) is 20.7. The van der Waals surface area contributed by atoms with Crippen LogP contribution in [0.3, 0.4) is 0 Å². The van der Waals surface area contributed by atoms with Crippen molar-refractivity contribution in [3.05, 3.63) is 38.0 Å². The molecule has 0 bridgehead atoms. The van der Waals surface area contributed by atoms with Gasteiger partial charge in [0.15, 0.2) is 6.29 Å². The van der Waals surface area contributed by atoms with Gasteiger partial charge in [0.2, 0.25) is 0 Å². The number of likely N-dealkylation sites (N-methyl/N-ethyl adjacent to an activating group) is 1. The second-order valence-corrected chi connectivity index (χ2v) is 11.9. The fourth-order valence-corrected chi connectivity index (χ4v) is 5.25. The summed E-state index contributed by atoms with van der Waals surface area (Å²) in [5, 5.41) is 13.5. The maximum atomic E-state index is 10.3. The summed E-state index contributed by atoms with van der Waals surface area (Å²) in [7, 11) is 1.97. The van der Waals surface area contributed by atoms with Gasteiger partial charge < -0.3 is 24.6 Å². The highest BCUT2D eigenvalue weighted by Gasteiger charge is 2.14. The fourth-order valence-electron chi connectivity index (χ4n) is 5.25. The van der Waals surface area contributed by atoms with E-state index in [4.69, 9.17) is 14.2 Å². The van der Waals surface area contributed by atoms with Crippen LogP contribution < -0.4 is 5.32 Å². The van der Waals surface area contributed by atoms with Gasteiger partial charge in [-0.2, -0.15) is 0 Å². The first-order valence-electron chi connectivity index (χ1n) is 17.7. The van der Waals surface area contributed by atoms with E-state index < -0.39 is 6.29 Å². The zero-order valence-corrected chi connectivity index (χ0v) is 27.8. The van der Waals surface area contributed by atoms with Gasteiger partial charge in [-0.25, -0.2) is 0 Å². The summed E-state index contributed by atoms with van der Waals surface area (Å²) < 4.78 is 18.5. The molecular weight excluding hydrogens is 522 g/mol. The molecule has 0 rings (SSSR count). The van der Waals surface area contributed by atoms with Crippen molar-refractivity contribution in [2.45, 2.75) is 166 Å². The van der Waals surface area contributed by atoms with Crippen molar-refractivity contribution in [2.75, 3.05) is 33.4 Å². The molecule has 0 radical (unpaired) electrons. The Bertz CT molecular complexity index is 570. The third-order valence-corrected chi connectivity index (χ3v) is 7.98. The molecule has 0 aromatic heterocycles. The lowest BCUT2D eigenvalue weighted by atomic mass is 10.0. The average Bonchev–Trinajstić information content (AvgIpc) is 2.99. The zero-order valence-electron chi connectivity index (χ0n) is 27.8. The molecule has 0 aromatic rings. The number of hydrogen-bond donors (Lipinski definition) is 2. The third kappa shape index (κ3) is 30.5. The molecule has 0 amide bonds. The van der Waals surface area contributed by atoms with E-state index in [9.17, 15) is 5.11 Å². The van der Waals surface area contributed by atoms with E-state index in [0.29, 0.717) is 6.61 Å². The summed E-state index contributed by atoms with van der Waals surface area (Å²) in [6.45, 7) is 14.3. The molecular formula is C37H71NO4. The summed E-state index contributed by atoms with van der Waals surface area (Å²) in [6.07, 6.45) is 32.2. The van der Waals surface area contributed by atoms with Crippen LogP contribution in [-0.2, 0) is 14.2 Å². The van der Waals surface area contributed by atoms with Crippen molar-refractivity contribution in [1.29, 1.82) is 0 Å². The Kier molecular flexibility index (Phi) is 33.7. The van der Waals surface area contributed by atoms with Crippen LogP contribution in [0.25, 0.3) is 0 Å². The van der Waals surface area contributed by atoms with Gasteiger partial charge in [-0.3, -0.25) is 0 Å². The molecule has 3 unspecified atom stereocenters. The van der Waals surface area contributed by atoms with Gasteiger partial charge in [-0.1, -0.05) is 88.9 Å². The van der Waals surface area contributed by atoms with Gasteiger partial charge in [0.1, 0.15) is 0 Å². The van der Waals surface area contributed by atoms with Gasteiger partial charge >= 0.3 is 0 Å². The van der Waals surface area contributed by atoms with Crippen LogP contribution >= 0.6 is 0 Å². The minimum Gasteiger partial charge on any atom is -0.378 e. The van der Waals surface area contributed by atoms with Crippen LogP contribution in [0.5, 0.6) is 0 Å². The molecule has 0 spiro atoms. The normalized spacial score (nSPS) is 13.6. The van der Waals surface area contributed by atoms with E-state index in [1.807, 2.05) is 25.3 Å². The first-order valence-corrected chi connectivity index (χ1v) is 17.7. The van der Waals surface area contributed by atoms with Crippen molar-refractivity contribution >= 4 is 0 Å². The lowest BCUT2D eigenvalue weighted by Gasteiger charge is -2.22. The average molecular weight is 594 g/mol. The number of rotatable bonds is 36. The molecule has 42 heavy (non-hydrogen) atoms. The summed E-state index contributed by atoms with van der Waals surface area (Å²) in [6, 6.07) is 0. The van der Waals surface area contributed by atoms with E-state index in [-0.39, 0.29) is 12.2 Å². The second-order valence-electron chi connectivity index (χ2n) is 11.9. The number of unbranched alkanes of at least 4 members (excludes halogenated alkanes) is 15. The van der Waals surface area contributed by atoms with Crippen LogP contribution in [-0.4, -0.2) is 57.0 Å². The van der Waals surface area contributed by atoms with Crippen molar-refractivity contribution in [2.24, 2.45) is 0 Å². The van der Waals surface area contributed by atoms with E-state index in [0.717, 1.165) is 84.0 Å². The van der Waals surface area contributed by atoms with E-state index in [2.05, 4.69) is 25.1 Å². The van der Waals surface area contributed by atoms with Crippen molar-refractivity contribution < 1.29 is 19.3 Å². The van der Waals surface area contributed by atoms with Crippen molar-refractivity contribution in [3.8, 4) is 0 Å². The van der Waals surface area contributed by atoms with Gasteiger partial charge in [-0.05, 0) is 84.1 Å². The summed E-state index contributed by atoms with van der Waals surface area (Å²) in [5.74, 6) is 0. The Morgan fingerprint density at radius 1 is 0.500 bits per heavy atom. The summed E-state index contributed by atoms with van der Waals surface area (Å²) >= 11 is 0.